The van der Waals surface area contributed by atoms with Gasteiger partial charge in [-0.1, -0.05) is 63.6 Å². The van der Waals surface area contributed by atoms with Gasteiger partial charge in [-0.15, -0.1) is 0 Å². The van der Waals surface area contributed by atoms with Gasteiger partial charge in [-0.05, 0) is 49.7 Å². The highest BCUT2D eigenvalue weighted by atomic mass is 32.2. The Hall–Kier alpha value is -3.01. The van der Waals surface area contributed by atoms with Crippen molar-refractivity contribution in [3.63, 3.8) is 0 Å². The van der Waals surface area contributed by atoms with Crippen LogP contribution in [0.5, 0.6) is 5.75 Å². The van der Waals surface area contributed by atoms with Gasteiger partial charge in [0, 0.05) is 23.2 Å². The molecule has 0 spiro atoms. The SMILES string of the molecule is CCCCCCCCC(CNS(=O)(=O)c1ccc(OCc2cc(C)nc3ccccc23)cc1)C(=O)NO. The Morgan fingerprint density at radius 2 is 1.73 bits per heavy atom. The molecule has 3 aromatic rings. The first-order chi connectivity index (χ1) is 17.8. The van der Waals surface area contributed by atoms with Gasteiger partial charge in [-0.2, -0.15) is 0 Å². The van der Waals surface area contributed by atoms with Crippen LogP contribution in [0.1, 0.15) is 63.1 Å². The van der Waals surface area contributed by atoms with E-state index in [1.54, 1.807) is 17.6 Å². The second-order valence-corrected chi connectivity index (χ2v) is 11.0. The minimum atomic E-state index is -3.83. The van der Waals surface area contributed by atoms with E-state index in [-0.39, 0.29) is 11.4 Å². The van der Waals surface area contributed by atoms with Crippen LogP contribution >= 0.6 is 0 Å². The summed E-state index contributed by atoms with van der Waals surface area (Å²) in [6, 6.07) is 16.0. The van der Waals surface area contributed by atoms with Crippen molar-refractivity contribution in [2.75, 3.05) is 6.54 Å². The fourth-order valence-corrected chi connectivity index (χ4v) is 5.35. The third kappa shape index (κ3) is 8.52. The molecule has 3 rings (SSSR count). The first-order valence-corrected chi connectivity index (χ1v) is 14.3. The number of aromatic nitrogens is 1. The number of rotatable bonds is 15. The van der Waals surface area contributed by atoms with Crippen LogP contribution in [-0.4, -0.2) is 31.1 Å². The minimum Gasteiger partial charge on any atom is -0.489 e. The number of hydrogen-bond donors (Lipinski definition) is 3. The summed E-state index contributed by atoms with van der Waals surface area (Å²) >= 11 is 0. The summed E-state index contributed by atoms with van der Waals surface area (Å²) in [4.78, 5) is 16.7. The number of carbonyl (C=O) groups excluding carboxylic acids is 1. The van der Waals surface area contributed by atoms with Crippen molar-refractivity contribution in [2.45, 2.75) is 70.3 Å². The molecule has 2 aromatic carbocycles. The van der Waals surface area contributed by atoms with Crippen LogP contribution in [0.3, 0.4) is 0 Å². The van der Waals surface area contributed by atoms with Gasteiger partial charge in [0.2, 0.25) is 15.9 Å². The maximum Gasteiger partial charge on any atom is 0.247 e. The maximum absolute atomic E-state index is 12.8. The van der Waals surface area contributed by atoms with Crippen LogP contribution in [0.25, 0.3) is 10.9 Å². The number of amides is 1. The number of fused-ring (bicyclic) bond motifs is 1. The molecule has 1 unspecified atom stereocenters. The number of benzene rings is 2. The van der Waals surface area contributed by atoms with E-state index < -0.39 is 21.8 Å². The fraction of sp³-hybridized carbons (Fsp3) is 0.429. The molecule has 0 radical (unpaired) electrons. The van der Waals surface area contributed by atoms with E-state index in [1.165, 1.54) is 18.6 Å². The van der Waals surface area contributed by atoms with Crippen molar-refractivity contribution in [1.29, 1.82) is 0 Å². The minimum absolute atomic E-state index is 0.0766. The van der Waals surface area contributed by atoms with E-state index in [0.29, 0.717) is 18.8 Å². The summed E-state index contributed by atoms with van der Waals surface area (Å²) in [5.74, 6) is -0.691. The summed E-state index contributed by atoms with van der Waals surface area (Å²) < 4.78 is 34.1. The van der Waals surface area contributed by atoms with Crippen molar-refractivity contribution < 1.29 is 23.2 Å². The molecule has 9 heteroatoms. The van der Waals surface area contributed by atoms with Gasteiger partial charge in [0.1, 0.15) is 12.4 Å². The molecule has 200 valence electrons. The summed E-state index contributed by atoms with van der Waals surface area (Å²) in [7, 11) is -3.83. The zero-order chi connectivity index (χ0) is 26.7. The average Bonchev–Trinajstić information content (AvgIpc) is 2.90. The molecule has 0 aliphatic rings. The van der Waals surface area contributed by atoms with Gasteiger partial charge in [-0.3, -0.25) is 15.0 Å². The molecule has 1 heterocycles. The number of aryl methyl sites for hydroxylation is 1. The lowest BCUT2D eigenvalue weighted by atomic mass is 10.00. The van der Waals surface area contributed by atoms with Crippen LogP contribution in [-0.2, 0) is 21.4 Å². The normalized spacial score (nSPS) is 12.4. The van der Waals surface area contributed by atoms with E-state index in [2.05, 4.69) is 16.6 Å². The molecule has 0 fully saturated rings. The summed E-state index contributed by atoms with van der Waals surface area (Å²) in [5.41, 5.74) is 4.46. The fourth-order valence-electron chi connectivity index (χ4n) is 4.27. The molecule has 0 saturated heterocycles. The number of carbonyl (C=O) groups is 1. The van der Waals surface area contributed by atoms with Crippen molar-refractivity contribution in [2.24, 2.45) is 5.92 Å². The number of pyridine rings is 1. The number of hydrogen-bond acceptors (Lipinski definition) is 6. The smallest absolute Gasteiger partial charge is 0.247 e. The molecule has 1 atom stereocenters. The number of nitrogens with one attached hydrogen (secondary N) is 2. The van der Waals surface area contributed by atoms with Crippen LogP contribution in [0.4, 0.5) is 0 Å². The molecule has 0 bridgehead atoms. The highest BCUT2D eigenvalue weighted by Gasteiger charge is 2.22. The lowest BCUT2D eigenvalue weighted by Crippen LogP contribution is -2.37. The van der Waals surface area contributed by atoms with E-state index in [9.17, 15) is 13.2 Å². The quantitative estimate of drug-likeness (QED) is 0.141. The zero-order valence-corrected chi connectivity index (χ0v) is 22.4. The van der Waals surface area contributed by atoms with Crippen LogP contribution in [0.15, 0.2) is 59.5 Å². The summed E-state index contributed by atoms with van der Waals surface area (Å²) in [5, 5.41) is 10.1. The van der Waals surface area contributed by atoms with Gasteiger partial charge in [-0.25, -0.2) is 18.6 Å². The molecule has 37 heavy (non-hydrogen) atoms. The molecule has 1 aromatic heterocycles. The van der Waals surface area contributed by atoms with E-state index in [1.807, 2.05) is 37.3 Å². The number of hydroxylamine groups is 1. The Bertz CT molecular complexity index is 1260. The third-order valence-electron chi connectivity index (χ3n) is 6.37. The van der Waals surface area contributed by atoms with Gasteiger partial charge >= 0.3 is 0 Å². The van der Waals surface area contributed by atoms with Gasteiger partial charge < -0.3 is 4.74 Å². The Balaban J connectivity index is 1.57. The topological polar surface area (TPSA) is 118 Å². The Labute approximate surface area is 219 Å². The van der Waals surface area contributed by atoms with Crippen molar-refractivity contribution in [1.82, 2.24) is 15.2 Å². The first kappa shape index (κ1) is 28.6. The number of ether oxygens (including phenoxy) is 1. The van der Waals surface area contributed by atoms with Crippen LogP contribution < -0.4 is 14.9 Å². The standard InChI is InChI=1S/C28H37N3O5S/c1-3-4-5-6-7-8-11-22(28(32)31-33)19-29-37(34,35)25-16-14-24(15-17-25)36-20-23-18-21(2)30-27-13-10-9-12-26(23)27/h9-10,12-18,22,29,33H,3-8,11,19-20H2,1-2H3,(H,31,32). The van der Waals surface area contributed by atoms with Gasteiger partial charge in [0.25, 0.3) is 0 Å². The van der Waals surface area contributed by atoms with Crippen molar-refractivity contribution >= 4 is 26.8 Å². The van der Waals surface area contributed by atoms with E-state index in [4.69, 9.17) is 9.94 Å². The highest BCUT2D eigenvalue weighted by Crippen LogP contribution is 2.22. The summed E-state index contributed by atoms with van der Waals surface area (Å²) in [6.45, 7) is 4.32. The van der Waals surface area contributed by atoms with Crippen molar-refractivity contribution in [3.05, 3.63) is 65.9 Å². The average molecular weight is 528 g/mol. The number of nitrogens with zero attached hydrogens (tertiary/aromatic N) is 1. The molecular formula is C28H37N3O5S. The molecule has 1 amide bonds. The molecule has 8 nitrogen and oxygen atoms in total. The van der Waals surface area contributed by atoms with E-state index in [0.717, 1.165) is 54.3 Å². The Morgan fingerprint density at radius 1 is 1.03 bits per heavy atom. The van der Waals surface area contributed by atoms with Crippen LogP contribution in [0.2, 0.25) is 0 Å². The summed E-state index contributed by atoms with van der Waals surface area (Å²) in [6.07, 6.45) is 6.84. The predicted octanol–water partition coefficient (Wildman–Crippen LogP) is 5.27. The predicted molar refractivity (Wildman–Crippen MR) is 144 cm³/mol. The van der Waals surface area contributed by atoms with Gasteiger partial charge in [0.05, 0.1) is 16.3 Å². The van der Waals surface area contributed by atoms with Crippen LogP contribution in [0, 0.1) is 12.8 Å². The number of sulfonamides is 1. The lowest BCUT2D eigenvalue weighted by Gasteiger charge is -2.16. The molecule has 0 aliphatic carbocycles. The molecule has 0 saturated carbocycles. The lowest BCUT2D eigenvalue weighted by molar-refractivity contribution is -0.133. The molecular weight excluding hydrogens is 490 g/mol. The first-order valence-electron chi connectivity index (χ1n) is 12.9. The van der Waals surface area contributed by atoms with Gasteiger partial charge in [0.15, 0.2) is 0 Å². The zero-order valence-electron chi connectivity index (χ0n) is 21.6. The number of para-hydroxylation sites is 1. The Kier molecular flexibility index (Phi) is 10.9. The molecule has 3 N–H and O–H groups in total. The second kappa shape index (κ2) is 14.1. The van der Waals surface area contributed by atoms with E-state index >= 15 is 0 Å². The number of unbranched alkanes of at least 4 members (excludes halogenated alkanes) is 5. The third-order valence-corrected chi connectivity index (χ3v) is 7.80. The second-order valence-electron chi connectivity index (χ2n) is 9.28. The largest absolute Gasteiger partial charge is 0.489 e. The molecule has 0 aliphatic heterocycles. The highest BCUT2D eigenvalue weighted by molar-refractivity contribution is 7.89. The van der Waals surface area contributed by atoms with Crippen molar-refractivity contribution in [3.8, 4) is 5.75 Å². The maximum atomic E-state index is 12.8. The monoisotopic (exact) mass is 527 g/mol. The Morgan fingerprint density at radius 3 is 2.46 bits per heavy atom.